The molecule has 2 aliphatic heterocycles. The highest BCUT2D eigenvalue weighted by atomic mass is 32.2. The van der Waals surface area contributed by atoms with E-state index in [1.807, 2.05) is 6.07 Å². The van der Waals surface area contributed by atoms with Gasteiger partial charge in [0.1, 0.15) is 23.8 Å². The van der Waals surface area contributed by atoms with Crippen molar-refractivity contribution < 1.29 is 17.2 Å². The molecule has 13 heteroatoms. The topological polar surface area (TPSA) is 110 Å². The number of hydrogen-bond donors (Lipinski definition) is 1. The van der Waals surface area contributed by atoms with Gasteiger partial charge >= 0.3 is 0 Å². The van der Waals surface area contributed by atoms with Crippen molar-refractivity contribution in [2.75, 3.05) is 38.1 Å². The monoisotopic (exact) mass is 452 g/mol. The lowest BCUT2D eigenvalue weighted by Gasteiger charge is -2.43. The van der Waals surface area contributed by atoms with Gasteiger partial charge in [0.25, 0.3) is 16.6 Å². The van der Waals surface area contributed by atoms with Crippen LogP contribution in [0.4, 0.5) is 14.6 Å². The molecule has 2 fully saturated rings. The largest absolute Gasteiger partial charge is 0.353 e. The number of nitrogens with zero attached hydrogens (tertiary/aromatic N) is 7. The summed E-state index contributed by atoms with van der Waals surface area (Å²) in [6.45, 7) is 1.10. The number of likely N-dealkylation sites (N-methyl/N-ethyl adjacent to an activating group) is 1. The van der Waals surface area contributed by atoms with Crippen LogP contribution in [-0.4, -0.2) is 83.2 Å². The number of nitrogens with one attached hydrogen (secondary N) is 1. The highest BCUT2D eigenvalue weighted by Crippen LogP contribution is 2.47. The summed E-state index contributed by atoms with van der Waals surface area (Å²) in [6, 6.07) is 0.949. The lowest BCUT2D eigenvalue weighted by Crippen LogP contribution is -2.60. The number of rotatable bonds is 6. The van der Waals surface area contributed by atoms with E-state index in [1.54, 1.807) is 6.20 Å². The first-order valence-corrected chi connectivity index (χ1v) is 11.4. The predicted octanol–water partition coefficient (Wildman–Crippen LogP) is 1.77. The van der Waals surface area contributed by atoms with Gasteiger partial charge in [-0.2, -0.15) is 27.3 Å². The van der Waals surface area contributed by atoms with Crippen LogP contribution in [0, 0.1) is 0 Å². The molecule has 3 aliphatic rings. The van der Waals surface area contributed by atoms with E-state index in [0.717, 1.165) is 40.2 Å². The van der Waals surface area contributed by atoms with Crippen molar-refractivity contribution in [1.29, 1.82) is 0 Å². The molecule has 1 unspecified atom stereocenters. The molecule has 5 rings (SSSR count). The van der Waals surface area contributed by atoms with Crippen molar-refractivity contribution in [1.82, 2.24) is 23.6 Å². The number of alkyl halides is 2. The summed E-state index contributed by atoms with van der Waals surface area (Å²) in [6.07, 6.45) is 3.07. The second kappa shape index (κ2) is 7.28. The first-order valence-electron chi connectivity index (χ1n) is 9.97. The molecule has 1 spiro atoms. The van der Waals surface area contributed by atoms with Gasteiger partial charge in [0.05, 0.1) is 17.1 Å². The number of anilines is 1. The zero-order chi connectivity index (χ0) is 21.8. The van der Waals surface area contributed by atoms with Crippen LogP contribution in [0.25, 0.3) is 11.0 Å². The normalized spacial score (nSPS) is 23.5. The van der Waals surface area contributed by atoms with E-state index in [0.29, 0.717) is 13.1 Å². The Morgan fingerprint density at radius 3 is 2.87 bits per heavy atom. The number of aromatic nitrogens is 3. The van der Waals surface area contributed by atoms with Crippen molar-refractivity contribution in [2.45, 2.75) is 30.8 Å². The Balaban J connectivity index is 1.34. The second-order valence-corrected chi connectivity index (χ2v) is 10.1. The molecule has 10 nitrogen and oxygen atoms in total. The van der Waals surface area contributed by atoms with E-state index >= 15 is 0 Å². The highest BCUT2D eigenvalue weighted by Gasteiger charge is 2.57. The maximum Gasteiger partial charge on any atom is 0.282 e. The molecule has 1 N–H and O–H groups in total. The summed E-state index contributed by atoms with van der Waals surface area (Å²) in [7, 11) is -2.45. The molecule has 0 aromatic carbocycles. The molecular formula is C18H22F2N8O2S. The molecule has 1 atom stereocenters. The number of fused-ring (bicyclic) bond motifs is 1. The van der Waals surface area contributed by atoms with Crippen molar-refractivity contribution >= 4 is 27.1 Å². The number of halogens is 2. The van der Waals surface area contributed by atoms with Gasteiger partial charge < -0.3 is 9.88 Å². The lowest BCUT2D eigenvalue weighted by molar-refractivity contribution is 0.180. The summed E-state index contributed by atoms with van der Waals surface area (Å²) in [5, 5.41) is 8.21. The Hall–Kier alpha value is -2.51. The molecular weight excluding hydrogens is 430 g/mol. The zero-order valence-corrected chi connectivity index (χ0v) is 17.6. The molecule has 2 aromatic rings. The minimum absolute atomic E-state index is 0.172. The lowest BCUT2D eigenvalue weighted by atomic mass is 10.1. The first kappa shape index (κ1) is 20.4. The Kier molecular flexibility index (Phi) is 4.79. The second-order valence-electron chi connectivity index (χ2n) is 8.12. The fraction of sp³-hybridized carbons (Fsp3) is 0.556. The van der Waals surface area contributed by atoms with Crippen LogP contribution in [0.1, 0.15) is 12.8 Å². The van der Waals surface area contributed by atoms with Crippen LogP contribution in [0.2, 0.25) is 0 Å². The molecule has 166 valence electrons. The minimum Gasteiger partial charge on any atom is -0.353 e. The summed E-state index contributed by atoms with van der Waals surface area (Å²) >= 11 is 0. The predicted molar refractivity (Wildman–Crippen MR) is 109 cm³/mol. The van der Waals surface area contributed by atoms with Crippen LogP contribution in [0.15, 0.2) is 40.6 Å². The van der Waals surface area contributed by atoms with Crippen LogP contribution >= 0.6 is 0 Å². The maximum atomic E-state index is 13.3. The van der Waals surface area contributed by atoms with Crippen molar-refractivity contribution in [3.63, 3.8) is 0 Å². The molecule has 1 aliphatic carbocycles. The van der Waals surface area contributed by atoms with Gasteiger partial charge in [-0.15, -0.1) is 0 Å². The van der Waals surface area contributed by atoms with E-state index < -0.39 is 28.2 Å². The number of H-pyrrole nitrogens is 1. The van der Waals surface area contributed by atoms with E-state index in [9.17, 15) is 17.2 Å². The number of piperazine rings is 1. The summed E-state index contributed by atoms with van der Waals surface area (Å²) < 4.78 is 55.6. The van der Waals surface area contributed by atoms with Crippen LogP contribution in [0.3, 0.4) is 0 Å². The average molecular weight is 452 g/mol. The molecule has 1 saturated heterocycles. The zero-order valence-electron chi connectivity index (χ0n) is 16.8. The van der Waals surface area contributed by atoms with Crippen molar-refractivity contribution in [3.8, 4) is 0 Å². The van der Waals surface area contributed by atoms with E-state index in [-0.39, 0.29) is 18.7 Å². The molecule has 0 bridgehead atoms. The van der Waals surface area contributed by atoms with Gasteiger partial charge in [-0.3, -0.25) is 0 Å². The third kappa shape index (κ3) is 3.40. The van der Waals surface area contributed by atoms with Gasteiger partial charge in [-0.1, -0.05) is 0 Å². The van der Waals surface area contributed by atoms with Crippen molar-refractivity contribution in [3.05, 3.63) is 30.4 Å². The third-order valence-corrected chi connectivity index (χ3v) is 8.26. The first-order chi connectivity index (χ1) is 14.8. The maximum absolute atomic E-state index is 13.3. The standard InChI is InChI=1S/C18H22F2N8O2S/c1-26(9-14-13(15(19)20)8-24-25-14)31(29,30)28-7-6-27(10-18(28)3-4-18)17-12-2-5-21-16(12)22-11-23-17/h2,5,8,11,14-15H,3-4,6-7,9-10H2,1H3,(H,21,22,23). The average Bonchev–Trinajstić information content (AvgIpc) is 3.15. The van der Waals surface area contributed by atoms with Gasteiger partial charge in [-0.25, -0.2) is 18.7 Å². The summed E-state index contributed by atoms with van der Waals surface area (Å²) in [4.78, 5) is 13.8. The molecule has 0 radical (unpaired) electrons. The fourth-order valence-electron chi connectivity index (χ4n) is 4.35. The highest BCUT2D eigenvalue weighted by molar-refractivity contribution is 7.86. The Labute approximate surface area is 177 Å². The quantitative estimate of drug-likeness (QED) is 0.718. The van der Waals surface area contributed by atoms with Gasteiger partial charge in [0.15, 0.2) is 0 Å². The number of hydrogen-bond acceptors (Lipinski definition) is 7. The Bertz CT molecular complexity index is 1160. The molecule has 0 amide bonds. The van der Waals surface area contributed by atoms with Gasteiger partial charge in [0, 0.05) is 45.0 Å². The Morgan fingerprint density at radius 2 is 2.13 bits per heavy atom. The minimum atomic E-state index is -3.85. The number of azo groups is 1. The van der Waals surface area contributed by atoms with E-state index in [4.69, 9.17) is 0 Å². The van der Waals surface area contributed by atoms with E-state index in [2.05, 4.69) is 30.1 Å². The van der Waals surface area contributed by atoms with Gasteiger partial charge in [0.2, 0.25) is 0 Å². The Morgan fingerprint density at radius 1 is 1.32 bits per heavy atom. The summed E-state index contributed by atoms with van der Waals surface area (Å²) in [5.41, 5.74) is -0.0390. The van der Waals surface area contributed by atoms with E-state index in [1.165, 1.54) is 17.7 Å². The van der Waals surface area contributed by atoms with Crippen LogP contribution < -0.4 is 4.90 Å². The van der Waals surface area contributed by atoms with Crippen molar-refractivity contribution in [2.24, 2.45) is 10.2 Å². The molecule has 31 heavy (non-hydrogen) atoms. The summed E-state index contributed by atoms with van der Waals surface area (Å²) in [5.74, 6) is 0.779. The molecule has 4 heterocycles. The molecule has 1 saturated carbocycles. The number of aromatic amines is 1. The van der Waals surface area contributed by atoms with Crippen LogP contribution in [0.5, 0.6) is 0 Å². The van der Waals surface area contributed by atoms with Gasteiger partial charge in [-0.05, 0) is 18.9 Å². The van der Waals surface area contributed by atoms with Crippen LogP contribution in [-0.2, 0) is 10.2 Å². The smallest absolute Gasteiger partial charge is 0.282 e. The fourth-order valence-corrected chi connectivity index (χ4v) is 6.06. The third-order valence-electron chi connectivity index (χ3n) is 6.20. The molecule has 2 aromatic heterocycles. The SMILES string of the molecule is CN(CC1N=NC=C1C(F)F)S(=O)(=O)N1CCN(c2ncnc3[nH]ccc23)CC12CC2.